The summed E-state index contributed by atoms with van der Waals surface area (Å²) >= 11 is 0. The largest absolute Gasteiger partial charge is 0.481 e. The lowest BCUT2D eigenvalue weighted by Crippen LogP contribution is -2.03. The van der Waals surface area contributed by atoms with Gasteiger partial charge in [0.1, 0.15) is 0 Å². The van der Waals surface area contributed by atoms with E-state index in [4.69, 9.17) is 0 Å². The van der Waals surface area contributed by atoms with Crippen molar-refractivity contribution >= 4 is 5.97 Å². The van der Waals surface area contributed by atoms with E-state index in [9.17, 15) is 9.90 Å². The lowest BCUT2D eigenvalue weighted by atomic mass is 9.99. The van der Waals surface area contributed by atoms with Gasteiger partial charge in [-0.3, -0.25) is 4.79 Å². The van der Waals surface area contributed by atoms with Crippen LogP contribution in [0.15, 0.2) is 54.6 Å². The molecule has 0 spiro atoms. The summed E-state index contributed by atoms with van der Waals surface area (Å²) in [7, 11) is 0. The summed E-state index contributed by atoms with van der Waals surface area (Å²) < 4.78 is 0. The second-order valence-electron chi connectivity index (χ2n) is 6.10. The number of hydrogen-bond donors (Lipinski definition) is 1. The second-order valence-corrected chi connectivity index (χ2v) is 6.10. The molecule has 0 saturated heterocycles. The molecule has 0 amide bonds. The number of aliphatic carboxylic acids is 1. The molecule has 0 heterocycles. The Morgan fingerprint density at radius 3 is 2.00 bits per heavy atom. The van der Waals surface area contributed by atoms with E-state index >= 15 is 0 Å². The van der Waals surface area contributed by atoms with Gasteiger partial charge in [0.2, 0.25) is 0 Å². The molecule has 2 heteroatoms. The van der Waals surface area contributed by atoms with Crippen molar-refractivity contribution in [1.82, 2.24) is 0 Å². The van der Waals surface area contributed by atoms with E-state index in [1.807, 2.05) is 32.0 Å². The van der Waals surface area contributed by atoms with Gasteiger partial charge in [-0.05, 0) is 22.1 Å². The fraction of sp³-hybridized carbons (Fsp3) is 0.278. The van der Waals surface area contributed by atoms with Crippen LogP contribution in [0.2, 0.25) is 0 Å². The molecule has 102 valence electrons. The van der Waals surface area contributed by atoms with Crippen molar-refractivity contribution in [1.29, 1.82) is 0 Å². The Labute approximate surface area is 119 Å². The molecule has 0 bridgehead atoms. The third-order valence-electron chi connectivity index (χ3n) is 4.47. The Kier molecular flexibility index (Phi) is 2.89. The summed E-state index contributed by atoms with van der Waals surface area (Å²) in [5.41, 5.74) is 3.34. The smallest absolute Gasteiger partial charge is 0.307 e. The van der Waals surface area contributed by atoms with E-state index in [0.29, 0.717) is 0 Å². The normalized spacial score (nSPS) is 23.3. The SMILES string of the molecule is CC1(C)C(C(=O)O)C1c1ccc(-c2ccccc2)cc1. The van der Waals surface area contributed by atoms with Crippen LogP contribution in [0.5, 0.6) is 0 Å². The van der Waals surface area contributed by atoms with Gasteiger partial charge in [-0.2, -0.15) is 0 Å². The summed E-state index contributed by atoms with van der Waals surface area (Å²) in [5, 5.41) is 9.25. The first-order valence-corrected chi connectivity index (χ1v) is 6.90. The zero-order valence-corrected chi connectivity index (χ0v) is 11.7. The summed E-state index contributed by atoms with van der Waals surface area (Å²) in [5.74, 6) is -0.818. The zero-order chi connectivity index (χ0) is 14.3. The van der Waals surface area contributed by atoms with Crippen LogP contribution in [-0.4, -0.2) is 11.1 Å². The molecular weight excluding hydrogens is 248 g/mol. The molecule has 2 atom stereocenters. The van der Waals surface area contributed by atoms with Crippen LogP contribution in [0.25, 0.3) is 11.1 Å². The molecule has 2 aromatic rings. The van der Waals surface area contributed by atoms with E-state index in [2.05, 4.69) is 36.4 Å². The predicted molar refractivity (Wildman–Crippen MR) is 79.5 cm³/mol. The van der Waals surface area contributed by atoms with E-state index in [1.54, 1.807) is 0 Å². The van der Waals surface area contributed by atoms with Gasteiger partial charge in [-0.15, -0.1) is 0 Å². The highest BCUT2D eigenvalue weighted by molar-refractivity contribution is 5.77. The first-order valence-electron chi connectivity index (χ1n) is 6.90. The molecule has 1 saturated carbocycles. The average Bonchev–Trinajstić information content (AvgIpc) is 3.03. The van der Waals surface area contributed by atoms with Crippen molar-refractivity contribution in [2.45, 2.75) is 19.8 Å². The highest BCUT2D eigenvalue weighted by Gasteiger charge is 2.62. The van der Waals surface area contributed by atoms with Gasteiger partial charge in [0.25, 0.3) is 0 Å². The minimum atomic E-state index is -0.688. The molecule has 20 heavy (non-hydrogen) atoms. The molecule has 0 radical (unpaired) electrons. The molecule has 1 aliphatic carbocycles. The quantitative estimate of drug-likeness (QED) is 0.905. The van der Waals surface area contributed by atoms with E-state index in [1.165, 1.54) is 11.1 Å². The summed E-state index contributed by atoms with van der Waals surface area (Å²) in [4.78, 5) is 11.2. The molecule has 0 aliphatic heterocycles. The Bertz CT molecular complexity index is 626. The maximum atomic E-state index is 11.2. The first-order chi connectivity index (χ1) is 9.51. The van der Waals surface area contributed by atoms with Crippen molar-refractivity contribution in [3.63, 3.8) is 0 Å². The van der Waals surface area contributed by atoms with Crippen molar-refractivity contribution < 1.29 is 9.90 Å². The molecule has 1 aliphatic rings. The van der Waals surface area contributed by atoms with Gasteiger partial charge in [0.15, 0.2) is 0 Å². The highest BCUT2D eigenvalue weighted by Crippen LogP contribution is 2.64. The topological polar surface area (TPSA) is 37.3 Å². The van der Waals surface area contributed by atoms with Crippen molar-refractivity contribution in [3.05, 3.63) is 60.2 Å². The summed E-state index contributed by atoms with van der Waals surface area (Å²) in [6.45, 7) is 4.06. The Hall–Kier alpha value is -2.09. The third kappa shape index (κ3) is 2.01. The van der Waals surface area contributed by atoms with Gasteiger partial charge >= 0.3 is 5.97 Å². The molecule has 2 aromatic carbocycles. The number of rotatable bonds is 3. The minimum absolute atomic E-state index is 0.129. The van der Waals surface area contributed by atoms with Crippen molar-refractivity contribution in [2.75, 3.05) is 0 Å². The standard InChI is InChI=1S/C18H18O2/c1-18(2)15(16(18)17(19)20)14-10-8-13(9-11-14)12-6-4-3-5-7-12/h3-11,15-16H,1-2H3,(H,19,20). The van der Waals surface area contributed by atoms with Gasteiger partial charge in [0, 0.05) is 5.92 Å². The van der Waals surface area contributed by atoms with Gasteiger partial charge in [-0.25, -0.2) is 0 Å². The lowest BCUT2D eigenvalue weighted by Gasteiger charge is -2.05. The molecule has 1 fully saturated rings. The first kappa shape index (κ1) is 12.9. The third-order valence-corrected chi connectivity index (χ3v) is 4.47. The van der Waals surface area contributed by atoms with Crippen LogP contribution in [0.3, 0.4) is 0 Å². The second kappa shape index (κ2) is 4.48. The molecule has 1 N–H and O–H groups in total. The van der Waals surface area contributed by atoms with Crippen LogP contribution in [-0.2, 0) is 4.79 Å². The fourth-order valence-corrected chi connectivity index (χ4v) is 3.23. The van der Waals surface area contributed by atoms with Gasteiger partial charge in [0.05, 0.1) is 5.92 Å². The van der Waals surface area contributed by atoms with Gasteiger partial charge < -0.3 is 5.11 Å². The molecule has 2 unspecified atom stereocenters. The zero-order valence-electron chi connectivity index (χ0n) is 11.7. The molecule has 3 rings (SSSR count). The summed E-state index contributed by atoms with van der Waals surface area (Å²) in [6.07, 6.45) is 0. The van der Waals surface area contributed by atoms with E-state index in [0.717, 1.165) is 5.56 Å². The van der Waals surface area contributed by atoms with E-state index < -0.39 is 5.97 Å². The van der Waals surface area contributed by atoms with Crippen LogP contribution >= 0.6 is 0 Å². The predicted octanol–water partition coefficient (Wildman–Crippen LogP) is 4.18. The minimum Gasteiger partial charge on any atom is -0.481 e. The van der Waals surface area contributed by atoms with Crippen molar-refractivity contribution in [2.24, 2.45) is 11.3 Å². The van der Waals surface area contributed by atoms with Crippen LogP contribution in [0.4, 0.5) is 0 Å². The Morgan fingerprint density at radius 1 is 0.950 bits per heavy atom. The average molecular weight is 266 g/mol. The molecular formula is C18H18O2. The number of carboxylic acid groups (broad SMARTS) is 1. The Balaban J connectivity index is 1.87. The number of hydrogen-bond acceptors (Lipinski definition) is 1. The van der Waals surface area contributed by atoms with Crippen LogP contribution in [0.1, 0.15) is 25.3 Å². The number of carboxylic acids is 1. The Morgan fingerprint density at radius 2 is 1.50 bits per heavy atom. The maximum Gasteiger partial charge on any atom is 0.307 e. The van der Waals surface area contributed by atoms with E-state index in [-0.39, 0.29) is 17.3 Å². The van der Waals surface area contributed by atoms with Gasteiger partial charge in [-0.1, -0.05) is 68.4 Å². The fourth-order valence-electron chi connectivity index (χ4n) is 3.23. The highest BCUT2D eigenvalue weighted by atomic mass is 16.4. The number of carbonyl (C=O) groups is 1. The number of benzene rings is 2. The van der Waals surface area contributed by atoms with Crippen LogP contribution in [0, 0.1) is 11.3 Å². The monoisotopic (exact) mass is 266 g/mol. The van der Waals surface area contributed by atoms with Crippen LogP contribution < -0.4 is 0 Å². The lowest BCUT2D eigenvalue weighted by molar-refractivity contribution is -0.139. The molecule has 0 aromatic heterocycles. The van der Waals surface area contributed by atoms with Crippen molar-refractivity contribution in [3.8, 4) is 11.1 Å². The maximum absolute atomic E-state index is 11.2. The summed E-state index contributed by atoms with van der Waals surface area (Å²) in [6, 6.07) is 18.5. The molecule has 2 nitrogen and oxygen atoms in total.